The van der Waals surface area contributed by atoms with Crippen LogP contribution in [-0.2, 0) is 10.9 Å². The van der Waals surface area contributed by atoms with Crippen molar-refractivity contribution in [1.29, 1.82) is 0 Å². The van der Waals surface area contributed by atoms with Gasteiger partial charge in [-0.05, 0) is 25.0 Å². The highest BCUT2D eigenvalue weighted by Gasteiger charge is 2.39. The first-order chi connectivity index (χ1) is 9.36. The Morgan fingerprint density at radius 2 is 2.05 bits per heavy atom. The molecular weight excluding hydrogens is 267 g/mol. The van der Waals surface area contributed by atoms with E-state index in [4.69, 9.17) is 4.74 Å². The Hall–Kier alpha value is -1.07. The first kappa shape index (κ1) is 15.3. The summed E-state index contributed by atoms with van der Waals surface area (Å²) in [6.45, 7) is 5.08. The summed E-state index contributed by atoms with van der Waals surface area (Å²) in [6.07, 6.45) is -3.15. The van der Waals surface area contributed by atoms with Crippen molar-refractivity contribution in [2.75, 3.05) is 13.1 Å². The van der Waals surface area contributed by atoms with Gasteiger partial charge in [-0.25, -0.2) is 0 Å². The number of hydrogen-bond donors (Lipinski definition) is 1. The Balaban J connectivity index is 2.28. The van der Waals surface area contributed by atoms with Gasteiger partial charge in [0, 0.05) is 13.1 Å². The average Bonchev–Trinajstić information content (AvgIpc) is 2.38. The van der Waals surface area contributed by atoms with Gasteiger partial charge in [-0.3, -0.25) is 0 Å². The van der Waals surface area contributed by atoms with Crippen LogP contribution in [0.4, 0.5) is 13.2 Å². The third-order valence-corrected chi connectivity index (χ3v) is 3.65. The Morgan fingerprint density at radius 3 is 2.70 bits per heavy atom. The lowest BCUT2D eigenvalue weighted by molar-refractivity contribution is -0.145. The highest BCUT2D eigenvalue weighted by atomic mass is 19.4. The Labute approximate surface area is 117 Å². The molecule has 1 aliphatic rings. The highest BCUT2D eigenvalue weighted by molar-refractivity contribution is 5.32. The summed E-state index contributed by atoms with van der Waals surface area (Å²) < 4.78 is 45.2. The number of benzene rings is 1. The Morgan fingerprint density at radius 1 is 1.35 bits per heavy atom. The van der Waals surface area contributed by atoms with E-state index in [-0.39, 0.29) is 5.56 Å². The molecular formula is C15H20F3NO. The maximum absolute atomic E-state index is 13.1. The quantitative estimate of drug-likeness (QED) is 0.909. The second-order valence-electron chi connectivity index (χ2n) is 5.52. The molecule has 1 saturated heterocycles. The van der Waals surface area contributed by atoms with Gasteiger partial charge in [0.25, 0.3) is 0 Å². The summed E-state index contributed by atoms with van der Waals surface area (Å²) in [5.41, 5.74) is -0.793. The van der Waals surface area contributed by atoms with Gasteiger partial charge in [-0.2, -0.15) is 13.2 Å². The first-order valence-corrected chi connectivity index (χ1v) is 6.90. The first-order valence-electron chi connectivity index (χ1n) is 6.90. The second-order valence-corrected chi connectivity index (χ2v) is 5.52. The molecule has 0 aromatic heterocycles. The molecule has 1 fully saturated rings. The van der Waals surface area contributed by atoms with E-state index < -0.39 is 23.4 Å². The van der Waals surface area contributed by atoms with Crippen LogP contribution >= 0.6 is 0 Å². The third-order valence-electron chi connectivity index (χ3n) is 3.65. The van der Waals surface area contributed by atoms with Crippen molar-refractivity contribution < 1.29 is 17.9 Å². The van der Waals surface area contributed by atoms with E-state index >= 15 is 0 Å². The van der Waals surface area contributed by atoms with Gasteiger partial charge >= 0.3 is 6.18 Å². The molecule has 1 heterocycles. The van der Waals surface area contributed by atoms with Crippen molar-refractivity contribution >= 4 is 0 Å². The van der Waals surface area contributed by atoms with Crippen molar-refractivity contribution in [2.45, 2.75) is 44.6 Å². The van der Waals surface area contributed by atoms with E-state index in [2.05, 4.69) is 5.32 Å². The molecule has 112 valence electrons. The number of morpholine rings is 1. The number of hydrogen-bond acceptors (Lipinski definition) is 2. The molecule has 5 heteroatoms. The van der Waals surface area contributed by atoms with E-state index in [0.717, 1.165) is 18.9 Å². The molecule has 1 aromatic carbocycles. The summed E-state index contributed by atoms with van der Waals surface area (Å²) in [5.74, 6) is 0. The van der Waals surface area contributed by atoms with Crippen LogP contribution in [-0.4, -0.2) is 18.7 Å². The van der Waals surface area contributed by atoms with Crippen molar-refractivity contribution in [3.8, 4) is 0 Å². The molecule has 0 amide bonds. The van der Waals surface area contributed by atoms with Gasteiger partial charge in [0.2, 0.25) is 0 Å². The molecule has 0 aliphatic carbocycles. The minimum absolute atomic E-state index is 0.217. The molecule has 1 N–H and O–H groups in total. The predicted molar refractivity (Wildman–Crippen MR) is 71.5 cm³/mol. The fourth-order valence-corrected chi connectivity index (χ4v) is 2.78. The standard InChI is InChI=1S/C15H20F3NO/c1-3-8-14(2)10-19-9-13(20-14)11-6-4-5-7-12(11)15(16,17)18/h4-7,13,19H,3,8-10H2,1-2H3. The van der Waals surface area contributed by atoms with E-state index in [1.54, 1.807) is 6.07 Å². The number of rotatable bonds is 3. The lowest BCUT2D eigenvalue weighted by atomic mass is 9.94. The summed E-state index contributed by atoms with van der Waals surface area (Å²) in [6, 6.07) is 5.66. The molecule has 1 aliphatic heterocycles. The van der Waals surface area contributed by atoms with Crippen molar-refractivity contribution in [3.05, 3.63) is 35.4 Å². The van der Waals surface area contributed by atoms with E-state index in [0.29, 0.717) is 13.1 Å². The zero-order valence-electron chi connectivity index (χ0n) is 11.8. The summed E-state index contributed by atoms with van der Waals surface area (Å²) in [5, 5.41) is 3.20. The van der Waals surface area contributed by atoms with Crippen LogP contribution in [0.25, 0.3) is 0 Å². The SMILES string of the molecule is CCCC1(C)CNCC(c2ccccc2C(F)(F)F)O1. The Bertz CT molecular complexity index is 457. The van der Waals surface area contributed by atoms with Gasteiger partial charge in [0.15, 0.2) is 0 Å². The largest absolute Gasteiger partial charge is 0.416 e. The molecule has 1 aromatic rings. The Kier molecular flexibility index (Phi) is 4.39. The second kappa shape index (κ2) is 5.74. The van der Waals surface area contributed by atoms with Crippen LogP contribution < -0.4 is 5.32 Å². The monoisotopic (exact) mass is 287 g/mol. The molecule has 0 saturated carbocycles. The van der Waals surface area contributed by atoms with Crippen molar-refractivity contribution in [2.24, 2.45) is 0 Å². The van der Waals surface area contributed by atoms with E-state index in [9.17, 15) is 13.2 Å². The van der Waals surface area contributed by atoms with Gasteiger partial charge in [0.05, 0.1) is 17.3 Å². The lowest BCUT2D eigenvalue weighted by Gasteiger charge is -2.40. The van der Waals surface area contributed by atoms with Crippen LogP contribution in [0.1, 0.15) is 43.9 Å². The fraction of sp³-hybridized carbons (Fsp3) is 0.600. The maximum Gasteiger partial charge on any atom is 0.416 e. The number of nitrogens with one attached hydrogen (secondary N) is 1. The predicted octanol–water partition coefficient (Wildman–Crippen LogP) is 3.93. The number of ether oxygens (including phenoxy) is 1. The number of alkyl halides is 3. The molecule has 0 spiro atoms. The molecule has 2 unspecified atom stereocenters. The normalized spacial score (nSPS) is 27.6. The van der Waals surface area contributed by atoms with Crippen molar-refractivity contribution in [1.82, 2.24) is 5.32 Å². The zero-order chi connectivity index (χ0) is 14.8. The topological polar surface area (TPSA) is 21.3 Å². The van der Waals surface area contributed by atoms with Gasteiger partial charge in [0.1, 0.15) is 0 Å². The molecule has 2 rings (SSSR count). The molecule has 0 bridgehead atoms. The van der Waals surface area contributed by atoms with Crippen LogP contribution in [0.15, 0.2) is 24.3 Å². The van der Waals surface area contributed by atoms with Crippen molar-refractivity contribution in [3.63, 3.8) is 0 Å². The van der Waals surface area contributed by atoms with Gasteiger partial charge in [-0.1, -0.05) is 31.5 Å². The maximum atomic E-state index is 13.1. The lowest BCUT2D eigenvalue weighted by Crippen LogP contribution is -2.49. The van der Waals surface area contributed by atoms with Gasteiger partial charge < -0.3 is 10.1 Å². The minimum Gasteiger partial charge on any atom is -0.365 e. The smallest absolute Gasteiger partial charge is 0.365 e. The molecule has 20 heavy (non-hydrogen) atoms. The van der Waals surface area contributed by atoms with Gasteiger partial charge in [-0.15, -0.1) is 0 Å². The third kappa shape index (κ3) is 3.33. The van der Waals surface area contributed by atoms with Crippen LogP contribution in [0, 0.1) is 0 Å². The minimum atomic E-state index is -4.35. The van der Waals surface area contributed by atoms with Crippen LogP contribution in [0.2, 0.25) is 0 Å². The number of halogens is 3. The zero-order valence-corrected chi connectivity index (χ0v) is 11.8. The van der Waals surface area contributed by atoms with Crippen LogP contribution in [0.3, 0.4) is 0 Å². The molecule has 2 nitrogen and oxygen atoms in total. The van der Waals surface area contributed by atoms with E-state index in [1.165, 1.54) is 12.1 Å². The summed E-state index contributed by atoms with van der Waals surface area (Å²) >= 11 is 0. The van der Waals surface area contributed by atoms with Crippen LogP contribution in [0.5, 0.6) is 0 Å². The van der Waals surface area contributed by atoms with E-state index in [1.807, 2.05) is 13.8 Å². The summed E-state index contributed by atoms with van der Waals surface area (Å²) in [4.78, 5) is 0. The average molecular weight is 287 g/mol. The molecule has 0 radical (unpaired) electrons. The fourth-order valence-electron chi connectivity index (χ4n) is 2.78. The summed E-state index contributed by atoms with van der Waals surface area (Å²) in [7, 11) is 0. The highest BCUT2D eigenvalue weighted by Crippen LogP contribution is 2.38. The molecule has 2 atom stereocenters.